The molecule has 116 valence electrons. The Morgan fingerprint density at radius 1 is 0.667 bits per heavy atom. The average Bonchev–Trinajstić information content (AvgIpc) is 3.33. The second-order valence-electron chi connectivity index (χ2n) is 5.12. The third kappa shape index (κ3) is 2.63. The molecule has 0 spiro atoms. The maximum Gasteiger partial charge on any atom is 0.266 e. The van der Waals surface area contributed by atoms with Crippen LogP contribution in [0.4, 0.5) is 0 Å². The summed E-state index contributed by atoms with van der Waals surface area (Å²) < 4.78 is 11.1. The summed E-state index contributed by atoms with van der Waals surface area (Å²) in [5.41, 5.74) is 1.61. The van der Waals surface area contributed by atoms with Crippen LogP contribution in [-0.2, 0) is 0 Å². The lowest BCUT2D eigenvalue weighted by molar-refractivity contribution is 0.0985. The molecule has 2 aromatic heterocycles. The molecule has 0 saturated heterocycles. The monoisotopic (exact) mass is 316 g/mol. The Morgan fingerprint density at radius 2 is 1.08 bits per heavy atom. The highest BCUT2D eigenvalue weighted by Crippen LogP contribution is 2.23. The Kier molecular flexibility index (Phi) is 3.51. The van der Waals surface area contributed by atoms with Gasteiger partial charge in [-0.15, -0.1) is 0 Å². The lowest BCUT2D eigenvalue weighted by Gasteiger charge is -1.95. The highest BCUT2D eigenvalue weighted by Gasteiger charge is 2.20. The summed E-state index contributed by atoms with van der Waals surface area (Å²) in [6.45, 7) is 0. The van der Waals surface area contributed by atoms with Crippen molar-refractivity contribution in [1.29, 1.82) is 0 Å². The van der Waals surface area contributed by atoms with Gasteiger partial charge >= 0.3 is 0 Å². The van der Waals surface area contributed by atoms with E-state index in [1.54, 1.807) is 0 Å². The molecule has 4 rings (SSSR count). The van der Waals surface area contributed by atoms with Gasteiger partial charge in [0.05, 0.1) is 12.4 Å². The summed E-state index contributed by atoms with van der Waals surface area (Å²) in [4.78, 5) is 20.8. The highest BCUT2D eigenvalue weighted by atomic mass is 16.4. The number of hydrogen-bond donors (Lipinski definition) is 0. The Balaban J connectivity index is 1.61. The molecule has 2 aromatic carbocycles. The topological polar surface area (TPSA) is 69.1 Å². The second kappa shape index (κ2) is 5.96. The maximum absolute atomic E-state index is 12.5. The van der Waals surface area contributed by atoms with E-state index in [1.807, 2.05) is 60.7 Å². The fourth-order valence-electron chi connectivity index (χ4n) is 2.31. The fourth-order valence-corrected chi connectivity index (χ4v) is 2.31. The van der Waals surface area contributed by atoms with Gasteiger partial charge in [0, 0.05) is 11.1 Å². The van der Waals surface area contributed by atoms with Gasteiger partial charge in [0.25, 0.3) is 5.78 Å². The summed E-state index contributed by atoms with van der Waals surface area (Å²) in [6.07, 6.45) is 2.80. The predicted molar refractivity (Wildman–Crippen MR) is 87.3 cm³/mol. The highest BCUT2D eigenvalue weighted by molar-refractivity contribution is 6.05. The van der Waals surface area contributed by atoms with Gasteiger partial charge in [-0.1, -0.05) is 36.4 Å². The molecule has 4 aromatic rings. The average molecular weight is 316 g/mol. The minimum atomic E-state index is -0.389. The molecular formula is C19H12N2O3. The molecule has 5 nitrogen and oxygen atoms in total. The van der Waals surface area contributed by atoms with E-state index in [-0.39, 0.29) is 17.3 Å². The number of rotatable bonds is 4. The van der Waals surface area contributed by atoms with Crippen molar-refractivity contribution in [3.05, 3.63) is 84.6 Å². The number of hydrogen-bond acceptors (Lipinski definition) is 5. The number of carbonyl (C=O) groups is 1. The van der Waals surface area contributed by atoms with Crippen LogP contribution in [0, 0.1) is 0 Å². The maximum atomic E-state index is 12.5. The largest absolute Gasteiger partial charge is 0.432 e. The number of aromatic nitrogens is 2. The van der Waals surface area contributed by atoms with Crippen LogP contribution in [0.25, 0.3) is 22.9 Å². The molecule has 0 fully saturated rings. The van der Waals surface area contributed by atoms with Gasteiger partial charge in [-0.05, 0) is 24.3 Å². The molecule has 0 amide bonds. The second-order valence-corrected chi connectivity index (χ2v) is 5.12. The number of carbonyl (C=O) groups excluding carboxylic acids is 1. The van der Waals surface area contributed by atoms with Gasteiger partial charge in [-0.25, -0.2) is 9.97 Å². The van der Waals surface area contributed by atoms with E-state index in [9.17, 15) is 4.79 Å². The van der Waals surface area contributed by atoms with E-state index in [2.05, 4.69) is 9.97 Å². The van der Waals surface area contributed by atoms with Crippen molar-refractivity contribution in [1.82, 2.24) is 9.97 Å². The molecule has 0 saturated carbocycles. The van der Waals surface area contributed by atoms with E-state index in [1.165, 1.54) is 12.4 Å². The first-order chi connectivity index (χ1) is 11.8. The van der Waals surface area contributed by atoms with Crippen LogP contribution >= 0.6 is 0 Å². The Bertz CT molecular complexity index is 892. The first kappa shape index (κ1) is 14.1. The van der Waals surface area contributed by atoms with E-state index in [0.717, 1.165) is 11.1 Å². The van der Waals surface area contributed by atoms with E-state index < -0.39 is 0 Å². The van der Waals surface area contributed by atoms with Crippen LogP contribution in [0.1, 0.15) is 16.3 Å². The normalized spacial score (nSPS) is 10.7. The van der Waals surface area contributed by atoms with Gasteiger partial charge in [-0.2, -0.15) is 0 Å². The minimum absolute atomic E-state index is 0.115. The third-order valence-corrected chi connectivity index (χ3v) is 3.50. The van der Waals surface area contributed by atoms with Gasteiger partial charge in [0.1, 0.15) is 0 Å². The molecule has 0 N–H and O–H groups in total. The smallest absolute Gasteiger partial charge is 0.266 e. The molecule has 0 aliphatic rings. The number of oxazole rings is 2. The van der Waals surface area contributed by atoms with E-state index >= 15 is 0 Å². The first-order valence-electron chi connectivity index (χ1n) is 7.38. The summed E-state index contributed by atoms with van der Waals surface area (Å²) in [7, 11) is 0. The van der Waals surface area contributed by atoms with Gasteiger partial charge in [0.2, 0.25) is 11.8 Å². The van der Waals surface area contributed by atoms with Crippen molar-refractivity contribution < 1.29 is 13.6 Å². The molecule has 2 heterocycles. The zero-order chi connectivity index (χ0) is 16.4. The van der Waals surface area contributed by atoms with Crippen molar-refractivity contribution in [2.24, 2.45) is 0 Å². The Hall–Kier alpha value is -3.47. The first-order valence-corrected chi connectivity index (χ1v) is 7.38. The molecule has 0 bridgehead atoms. The summed E-state index contributed by atoms with van der Waals surface area (Å²) in [6, 6.07) is 18.8. The van der Waals surface area contributed by atoms with Gasteiger partial charge in [-0.3, -0.25) is 4.79 Å². The standard InChI is InChI=1S/C19H12N2O3/c22-17(15-11-20-18(23-15)13-7-3-1-4-8-13)16-12-21-19(24-16)14-9-5-2-6-10-14/h1-12H. The number of benzene rings is 2. The summed E-state index contributed by atoms with van der Waals surface area (Å²) in [5.74, 6) is 0.622. The van der Waals surface area contributed by atoms with E-state index in [0.29, 0.717) is 11.8 Å². The zero-order valence-electron chi connectivity index (χ0n) is 12.5. The molecular weight excluding hydrogens is 304 g/mol. The molecule has 0 aliphatic heterocycles. The molecule has 0 atom stereocenters. The minimum Gasteiger partial charge on any atom is -0.432 e. The Labute approximate surface area is 137 Å². The molecule has 0 radical (unpaired) electrons. The molecule has 0 unspecified atom stereocenters. The third-order valence-electron chi connectivity index (χ3n) is 3.50. The van der Waals surface area contributed by atoms with Crippen molar-refractivity contribution in [2.45, 2.75) is 0 Å². The number of nitrogens with zero attached hydrogens (tertiary/aromatic N) is 2. The van der Waals surface area contributed by atoms with Crippen molar-refractivity contribution >= 4 is 5.78 Å². The SMILES string of the molecule is O=C(c1cnc(-c2ccccc2)o1)c1cnc(-c2ccccc2)o1. The zero-order valence-corrected chi connectivity index (χ0v) is 12.5. The molecule has 5 heteroatoms. The van der Waals surface area contributed by atoms with Crippen LogP contribution in [-0.4, -0.2) is 15.8 Å². The fraction of sp³-hybridized carbons (Fsp3) is 0. The van der Waals surface area contributed by atoms with Crippen LogP contribution in [0.15, 0.2) is 81.9 Å². The Morgan fingerprint density at radius 3 is 1.50 bits per heavy atom. The van der Waals surface area contributed by atoms with Crippen LogP contribution in [0.5, 0.6) is 0 Å². The number of ketones is 1. The van der Waals surface area contributed by atoms with Crippen molar-refractivity contribution in [2.75, 3.05) is 0 Å². The quantitative estimate of drug-likeness (QED) is 0.527. The van der Waals surface area contributed by atoms with Crippen LogP contribution in [0.2, 0.25) is 0 Å². The van der Waals surface area contributed by atoms with Crippen LogP contribution < -0.4 is 0 Å². The predicted octanol–water partition coefficient (Wildman–Crippen LogP) is 4.23. The molecule has 0 aliphatic carbocycles. The molecule has 24 heavy (non-hydrogen) atoms. The van der Waals surface area contributed by atoms with Gasteiger partial charge in [0.15, 0.2) is 11.5 Å². The summed E-state index contributed by atoms with van der Waals surface area (Å²) >= 11 is 0. The van der Waals surface area contributed by atoms with E-state index in [4.69, 9.17) is 8.83 Å². The lowest BCUT2D eigenvalue weighted by Crippen LogP contribution is -1.97. The van der Waals surface area contributed by atoms with Crippen molar-refractivity contribution in [3.63, 3.8) is 0 Å². The van der Waals surface area contributed by atoms with Gasteiger partial charge < -0.3 is 8.83 Å². The summed E-state index contributed by atoms with van der Waals surface area (Å²) in [5, 5.41) is 0. The lowest BCUT2D eigenvalue weighted by atomic mass is 10.2. The van der Waals surface area contributed by atoms with Crippen molar-refractivity contribution in [3.8, 4) is 22.9 Å². The van der Waals surface area contributed by atoms with Crippen LogP contribution in [0.3, 0.4) is 0 Å².